The molecule has 17 heavy (non-hydrogen) atoms. The summed E-state index contributed by atoms with van der Waals surface area (Å²) in [5, 5.41) is 0.450. The molecule has 1 rings (SSSR count). The summed E-state index contributed by atoms with van der Waals surface area (Å²) in [7, 11) is 0. The van der Waals surface area contributed by atoms with Crippen molar-refractivity contribution in [2.24, 2.45) is 5.73 Å². The van der Waals surface area contributed by atoms with Crippen molar-refractivity contribution in [3.05, 3.63) is 35.4 Å². The Morgan fingerprint density at radius 1 is 1.29 bits per heavy atom. The molecule has 0 saturated heterocycles. The van der Waals surface area contributed by atoms with Gasteiger partial charge in [-0.1, -0.05) is 50.1 Å². The molecule has 1 aromatic carbocycles. The third-order valence-electron chi connectivity index (χ3n) is 3.03. The van der Waals surface area contributed by atoms with E-state index in [4.69, 9.17) is 5.73 Å². The van der Waals surface area contributed by atoms with Crippen LogP contribution < -0.4 is 5.73 Å². The van der Waals surface area contributed by atoms with Crippen LogP contribution in [0.1, 0.15) is 49.5 Å². The molecule has 0 fully saturated rings. The van der Waals surface area contributed by atoms with Crippen LogP contribution in [-0.4, -0.2) is 11.8 Å². The monoisotopic (exact) mass is 251 g/mol. The second-order valence-corrected chi connectivity index (χ2v) is 5.88. The van der Waals surface area contributed by atoms with Crippen molar-refractivity contribution in [3.63, 3.8) is 0 Å². The second-order valence-electron chi connectivity index (χ2n) is 4.63. The first-order chi connectivity index (χ1) is 8.19. The van der Waals surface area contributed by atoms with Crippen molar-refractivity contribution < 1.29 is 0 Å². The van der Waals surface area contributed by atoms with E-state index in [2.05, 4.69) is 45.0 Å². The van der Waals surface area contributed by atoms with E-state index in [1.54, 1.807) is 0 Å². The van der Waals surface area contributed by atoms with Crippen molar-refractivity contribution >= 4 is 11.8 Å². The number of rotatable bonds is 7. The lowest BCUT2D eigenvalue weighted by atomic mass is 10.0. The third-order valence-corrected chi connectivity index (χ3v) is 4.53. The number of benzene rings is 1. The standard InChI is InChI=1S/C15H25NS/c1-4-6-10-17-15(14(16)5-2)13-9-7-8-12(3)11-13/h7-9,11,14-15H,4-6,10,16H2,1-3H3. The van der Waals surface area contributed by atoms with Crippen LogP contribution >= 0.6 is 11.8 Å². The van der Waals surface area contributed by atoms with E-state index < -0.39 is 0 Å². The lowest BCUT2D eigenvalue weighted by molar-refractivity contribution is 0.633. The third kappa shape index (κ3) is 4.72. The van der Waals surface area contributed by atoms with Crippen LogP contribution in [0.25, 0.3) is 0 Å². The Morgan fingerprint density at radius 3 is 2.65 bits per heavy atom. The minimum Gasteiger partial charge on any atom is -0.326 e. The van der Waals surface area contributed by atoms with Gasteiger partial charge in [-0.3, -0.25) is 0 Å². The average molecular weight is 251 g/mol. The molecule has 1 nitrogen and oxygen atoms in total. The van der Waals surface area contributed by atoms with Crippen LogP contribution in [0.2, 0.25) is 0 Å². The summed E-state index contributed by atoms with van der Waals surface area (Å²) in [6.07, 6.45) is 3.58. The molecule has 0 saturated carbocycles. The first-order valence-electron chi connectivity index (χ1n) is 6.62. The van der Waals surface area contributed by atoms with E-state index in [0.717, 1.165) is 6.42 Å². The minimum atomic E-state index is 0.263. The molecule has 0 aliphatic rings. The maximum absolute atomic E-state index is 6.26. The maximum Gasteiger partial charge on any atom is 0.0448 e. The van der Waals surface area contributed by atoms with Gasteiger partial charge in [-0.15, -0.1) is 0 Å². The summed E-state index contributed by atoms with van der Waals surface area (Å²) in [6.45, 7) is 6.56. The van der Waals surface area contributed by atoms with E-state index in [1.807, 2.05) is 11.8 Å². The van der Waals surface area contributed by atoms with Crippen molar-refractivity contribution in [2.45, 2.75) is 51.3 Å². The summed E-state index contributed by atoms with van der Waals surface area (Å²) in [5.74, 6) is 1.21. The number of aryl methyl sites for hydroxylation is 1. The minimum absolute atomic E-state index is 0.263. The Morgan fingerprint density at radius 2 is 2.06 bits per heavy atom. The van der Waals surface area contributed by atoms with E-state index in [-0.39, 0.29) is 6.04 Å². The number of unbranched alkanes of at least 4 members (excludes halogenated alkanes) is 1. The molecule has 2 N–H and O–H groups in total. The quantitative estimate of drug-likeness (QED) is 0.731. The van der Waals surface area contributed by atoms with Crippen LogP contribution in [0.3, 0.4) is 0 Å². The van der Waals surface area contributed by atoms with Crippen LogP contribution in [-0.2, 0) is 0 Å². The summed E-state index contributed by atoms with van der Waals surface area (Å²) in [5.41, 5.74) is 8.98. The zero-order chi connectivity index (χ0) is 12.7. The molecule has 0 radical (unpaired) electrons. The smallest absolute Gasteiger partial charge is 0.0448 e. The Kier molecular flexibility index (Phi) is 6.68. The lowest BCUT2D eigenvalue weighted by Crippen LogP contribution is -2.26. The molecule has 2 heteroatoms. The predicted molar refractivity (Wildman–Crippen MR) is 79.6 cm³/mol. The van der Waals surface area contributed by atoms with Gasteiger partial charge in [0, 0.05) is 11.3 Å². The first kappa shape index (κ1) is 14.6. The molecule has 1 aromatic rings. The molecule has 0 aromatic heterocycles. The molecule has 0 heterocycles. The van der Waals surface area contributed by atoms with Crippen molar-refractivity contribution in [3.8, 4) is 0 Å². The van der Waals surface area contributed by atoms with Gasteiger partial charge in [0.25, 0.3) is 0 Å². The highest BCUT2D eigenvalue weighted by Gasteiger charge is 2.18. The fourth-order valence-electron chi connectivity index (χ4n) is 1.88. The van der Waals surface area contributed by atoms with Gasteiger partial charge in [-0.05, 0) is 31.1 Å². The molecule has 2 atom stereocenters. The summed E-state index contributed by atoms with van der Waals surface area (Å²) in [6, 6.07) is 9.04. The van der Waals surface area contributed by atoms with Gasteiger partial charge in [-0.25, -0.2) is 0 Å². The maximum atomic E-state index is 6.26. The van der Waals surface area contributed by atoms with Crippen molar-refractivity contribution in [2.75, 3.05) is 5.75 Å². The van der Waals surface area contributed by atoms with Crippen LogP contribution in [0.4, 0.5) is 0 Å². The van der Waals surface area contributed by atoms with E-state index in [0.29, 0.717) is 5.25 Å². The molecular weight excluding hydrogens is 226 g/mol. The van der Waals surface area contributed by atoms with Gasteiger partial charge < -0.3 is 5.73 Å². The van der Waals surface area contributed by atoms with Crippen LogP contribution in [0.15, 0.2) is 24.3 Å². The Bertz CT molecular complexity index is 324. The van der Waals surface area contributed by atoms with Gasteiger partial charge in [0.05, 0.1) is 0 Å². The molecule has 0 spiro atoms. The highest BCUT2D eigenvalue weighted by atomic mass is 32.2. The van der Waals surface area contributed by atoms with Crippen molar-refractivity contribution in [1.82, 2.24) is 0 Å². The zero-order valence-corrected chi connectivity index (χ0v) is 12.1. The fraction of sp³-hybridized carbons (Fsp3) is 0.600. The molecular formula is C15H25NS. The predicted octanol–water partition coefficient (Wildman–Crippen LogP) is 4.31. The lowest BCUT2D eigenvalue weighted by Gasteiger charge is -2.23. The normalized spacial score (nSPS) is 14.6. The molecule has 0 aliphatic heterocycles. The van der Waals surface area contributed by atoms with E-state index in [9.17, 15) is 0 Å². The second kappa shape index (κ2) is 7.78. The first-order valence-corrected chi connectivity index (χ1v) is 7.67. The van der Waals surface area contributed by atoms with E-state index in [1.165, 1.54) is 29.7 Å². The molecule has 0 amide bonds. The summed E-state index contributed by atoms with van der Waals surface area (Å²) >= 11 is 2.02. The molecule has 0 bridgehead atoms. The van der Waals surface area contributed by atoms with Gasteiger partial charge in [0.1, 0.15) is 0 Å². The number of thioether (sulfide) groups is 1. The molecule has 0 aliphatic carbocycles. The average Bonchev–Trinajstić information content (AvgIpc) is 2.34. The fourth-order valence-corrected chi connectivity index (χ4v) is 3.37. The van der Waals surface area contributed by atoms with E-state index >= 15 is 0 Å². The molecule has 2 unspecified atom stereocenters. The van der Waals surface area contributed by atoms with Crippen molar-refractivity contribution in [1.29, 1.82) is 0 Å². The zero-order valence-electron chi connectivity index (χ0n) is 11.3. The number of nitrogens with two attached hydrogens (primary N) is 1. The summed E-state index contributed by atoms with van der Waals surface area (Å²) in [4.78, 5) is 0. The highest BCUT2D eigenvalue weighted by Crippen LogP contribution is 2.33. The Labute approximate surface area is 110 Å². The largest absolute Gasteiger partial charge is 0.326 e. The summed E-state index contributed by atoms with van der Waals surface area (Å²) < 4.78 is 0. The SMILES string of the molecule is CCCCSC(c1cccc(C)c1)C(N)CC. The van der Waals surface area contributed by atoms with Crippen LogP contribution in [0.5, 0.6) is 0 Å². The van der Waals surface area contributed by atoms with Gasteiger partial charge in [0.2, 0.25) is 0 Å². The number of hydrogen-bond acceptors (Lipinski definition) is 2. The highest BCUT2D eigenvalue weighted by molar-refractivity contribution is 7.99. The van der Waals surface area contributed by atoms with Gasteiger partial charge in [-0.2, -0.15) is 11.8 Å². The Balaban J connectivity index is 2.74. The number of hydrogen-bond donors (Lipinski definition) is 1. The Hall–Kier alpha value is -0.470. The van der Waals surface area contributed by atoms with Crippen LogP contribution in [0, 0.1) is 6.92 Å². The molecule has 96 valence electrons. The van der Waals surface area contributed by atoms with Gasteiger partial charge >= 0.3 is 0 Å². The van der Waals surface area contributed by atoms with Gasteiger partial charge in [0.15, 0.2) is 0 Å². The topological polar surface area (TPSA) is 26.0 Å².